The topological polar surface area (TPSA) is 0 Å². The van der Waals surface area contributed by atoms with Crippen molar-refractivity contribution in [2.24, 2.45) is 5.92 Å². The van der Waals surface area contributed by atoms with Gasteiger partial charge >= 0.3 is 0 Å². The van der Waals surface area contributed by atoms with E-state index in [-0.39, 0.29) is 5.41 Å². The van der Waals surface area contributed by atoms with E-state index in [9.17, 15) is 0 Å². The van der Waals surface area contributed by atoms with Crippen LogP contribution in [0, 0.1) is 9.49 Å². The van der Waals surface area contributed by atoms with E-state index in [2.05, 4.69) is 102 Å². The summed E-state index contributed by atoms with van der Waals surface area (Å²) in [5, 5.41) is 0. The summed E-state index contributed by atoms with van der Waals surface area (Å²) in [6.45, 7) is 8.74. The smallest absolute Gasteiger partial charge is 0.0176 e. The zero-order chi connectivity index (χ0) is 13.3. The molecule has 0 aliphatic heterocycles. The summed E-state index contributed by atoms with van der Waals surface area (Å²) in [5.41, 5.74) is 3.15. The minimum Gasteiger partial charge on any atom is -0.103 e. The largest absolute Gasteiger partial charge is 0.103 e. The third-order valence-electron chi connectivity index (χ3n) is 3.98. The van der Waals surface area contributed by atoms with Crippen molar-refractivity contribution in [3.05, 3.63) is 57.7 Å². The van der Waals surface area contributed by atoms with E-state index in [1.807, 2.05) is 0 Å². The van der Waals surface area contributed by atoms with Gasteiger partial charge in [0.25, 0.3) is 0 Å². The summed E-state index contributed by atoms with van der Waals surface area (Å²) >= 11 is 4.79. The van der Waals surface area contributed by atoms with Crippen LogP contribution in [-0.2, 0) is 5.41 Å². The molecule has 0 nitrogen and oxygen atoms in total. The lowest BCUT2D eigenvalue weighted by Crippen LogP contribution is -2.23. The maximum atomic E-state index is 4.06. The third-order valence-corrected chi connectivity index (χ3v) is 5.15. The van der Waals surface area contributed by atoms with E-state index in [1.165, 1.54) is 14.7 Å². The summed E-state index contributed by atoms with van der Waals surface area (Å²) in [5.74, 6) is 0.976. The lowest BCUT2D eigenvalue weighted by molar-refractivity contribution is 0.397. The normalized spacial score (nSPS) is 25.3. The Balaban J connectivity index is 2.56. The molecule has 0 radical (unpaired) electrons. The number of rotatable bonds is 3. The van der Waals surface area contributed by atoms with Gasteiger partial charge in [0.15, 0.2) is 0 Å². The van der Waals surface area contributed by atoms with Crippen molar-refractivity contribution in [1.82, 2.24) is 0 Å². The molecule has 1 aromatic rings. The lowest BCUT2D eigenvalue weighted by Gasteiger charge is -2.28. The van der Waals surface area contributed by atoms with E-state index >= 15 is 0 Å². The molecule has 96 valence electrons. The van der Waals surface area contributed by atoms with Gasteiger partial charge < -0.3 is 0 Å². The molecule has 2 rings (SSSR count). The first-order valence-corrected chi connectivity index (χ1v) is 8.78. The average molecular weight is 464 g/mol. The van der Waals surface area contributed by atoms with Gasteiger partial charge in [-0.3, -0.25) is 0 Å². The van der Waals surface area contributed by atoms with Crippen LogP contribution >= 0.6 is 45.2 Å². The first-order chi connectivity index (χ1) is 8.52. The second-order valence-corrected chi connectivity index (χ2v) is 7.45. The Morgan fingerprint density at radius 1 is 1.39 bits per heavy atom. The molecule has 0 saturated heterocycles. The summed E-state index contributed by atoms with van der Waals surface area (Å²) < 4.78 is 2.39. The highest BCUT2D eigenvalue weighted by atomic mass is 127. The lowest BCUT2D eigenvalue weighted by atomic mass is 9.76. The molecule has 2 unspecified atom stereocenters. The van der Waals surface area contributed by atoms with E-state index in [0.717, 1.165) is 4.43 Å². The number of alkyl halides is 1. The second kappa shape index (κ2) is 5.65. The fourth-order valence-corrected chi connectivity index (χ4v) is 3.85. The highest BCUT2D eigenvalue weighted by Crippen LogP contribution is 2.51. The van der Waals surface area contributed by atoms with Crippen molar-refractivity contribution in [2.75, 3.05) is 4.43 Å². The van der Waals surface area contributed by atoms with Crippen LogP contribution in [0.25, 0.3) is 0 Å². The standard InChI is InChI=1S/C16H18I2/c1-4-14-12(6-5-9-17)13-8-7-11(18)10-15(13)16(14,2)3/h4-8,10,12,14H,1,9H2,2-3H3/b6-5-. The van der Waals surface area contributed by atoms with Gasteiger partial charge in [-0.25, -0.2) is 0 Å². The van der Waals surface area contributed by atoms with Crippen molar-refractivity contribution in [3.8, 4) is 0 Å². The predicted molar refractivity (Wildman–Crippen MR) is 96.6 cm³/mol. The van der Waals surface area contributed by atoms with Gasteiger partial charge in [-0.15, -0.1) is 6.58 Å². The maximum absolute atomic E-state index is 4.06. The summed E-state index contributed by atoms with van der Waals surface area (Å²) in [6.07, 6.45) is 6.76. The zero-order valence-corrected chi connectivity index (χ0v) is 15.1. The van der Waals surface area contributed by atoms with E-state index < -0.39 is 0 Å². The number of fused-ring (bicyclic) bond motifs is 1. The Morgan fingerprint density at radius 3 is 2.72 bits per heavy atom. The number of hydrogen-bond donors (Lipinski definition) is 0. The minimum absolute atomic E-state index is 0.179. The van der Waals surface area contributed by atoms with E-state index in [0.29, 0.717) is 11.8 Å². The maximum Gasteiger partial charge on any atom is 0.0176 e. The molecular formula is C16H18I2. The molecule has 0 fully saturated rings. The van der Waals surface area contributed by atoms with E-state index in [4.69, 9.17) is 0 Å². The average Bonchev–Trinajstić information content (AvgIpc) is 2.54. The monoisotopic (exact) mass is 464 g/mol. The van der Waals surface area contributed by atoms with Gasteiger partial charge in [0.05, 0.1) is 0 Å². The van der Waals surface area contributed by atoms with Crippen molar-refractivity contribution < 1.29 is 0 Å². The highest BCUT2D eigenvalue weighted by molar-refractivity contribution is 14.1. The van der Waals surface area contributed by atoms with Crippen molar-refractivity contribution >= 4 is 45.2 Å². The molecule has 0 spiro atoms. The first kappa shape index (κ1) is 14.6. The summed E-state index contributed by atoms with van der Waals surface area (Å²) in [4.78, 5) is 0. The third kappa shape index (κ3) is 2.42. The van der Waals surface area contributed by atoms with Gasteiger partial charge in [-0.1, -0.05) is 60.7 Å². The highest BCUT2D eigenvalue weighted by Gasteiger charge is 2.43. The van der Waals surface area contributed by atoms with Crippen LogP contribution in [-0.4, -0.2) is 4.43 Å². The molecule has 0 N–H and O–H groups in total. The first-order valence-electron chi connectivity index (χ1n) is 6.17. The number of hydrogen-bond acceptors (Lipinski definition) is 0. The molecule has 0 heterocycles. The van der Waals surface area contributed by atoms with Gasteiger partial charge in [-0.05, 0) is 57.2 Å². The van der Waals surface area contributed by atoms with Crippen LogP contribution in [0.4, 0.5) is 0 Å². The Kier molecular flexibility index (Phi) is 4.57. The van der Waals surface area contributed by atoms with Crippen LogP contribution in [0.5, 0.6) is 0 Å². The fraction of sp³-hybridized carbons (Fsp3) is 0.375. The molecule has 0 saturated carbocycles. The van der Waals surface area contributed by atoms with Gasteiger partial charge in [0.1, 0.15) is 0 Å². The Labute approximate surface area is 137 Å². The summed E-state index contributed by atoms with van der Waals surface area (Å²) in [7, 11) is 0. The van der Waals surface area contributed by atoms with Crippen LogP contribution in [0.3, 0.4) is 0 Å². The fourth-order valence-electron chi connectivity index (χ4n) is 3.06. The van der Waals surface area contributed by atoms with Crippen LogP contribution in [0.2, 0.25) is 0 Å². The quantitative estimate of drug-likeness (QED) is 0.317. The van der Waals surface area contributed by atoms with Crippen molar-refractivity contribution in [3.63, 3.8) is 0 Å². The number of allylic oxidation sites excluding steroid dienone is 3. The SMILES string of the molecule is C=CC1C(/C=C\CI)c2ccc(I)cc2C1(C)C. The molecular weight excluding hydrogens is 446 g/mol. The zero-order valence-electron chi connectivity index (χ0n) is 10.8. The Bertz CT molecular complexity index is 486. The van der Waals surface area contributed by atoms with Gasteiger partial charge in [0, 0.05) is 13.9 Å². The van der Waals surface area contributed by atoms with Crippen molar-refractivity contribution in [2.45, 2.75) is 25.2 Å². The Hall–Kier alpha value is 0.160. The van der Waals surface area contributed by atoms with Gasteiger partial charge in [-0.2, -0.15) is 0 Å². The van der Waals surface area contributed by atoms with Crippen LogP contribution in [0.1, 0.15) is 30.9 Å². The molecule has 18 heavy (non-hydrogen) atoms. The second-order valence-electron chi connectivity index (χ2n) is 5.32. The molecule has 0 amide bonds. The Morgan fingerprint density at radius 2 is 2.11 bits per heavy atom. The molecule has 0 bridgehead atoms. The molecule has 2 atom stereocenters. The van der Waals surface area contributed by atoms with E-state index in [1.54, 1.807) is 0 Å². The number of halogens is 2. The predicted octanol–water partition coefficient (Wildman–Crippen LogP) is 5.46. The molecule has 2 heteroatoms. The molecule has 1 aliphatic carbocycles. The summed E-state index contributed by atoms with van der Waals surface area (Å²) in [6, 6.07) is 6.85. The molecule has 1 aromatic carbocycles. The van der Waals surface area contributed by atoms with Crippen LogP contribution < -0.4 is 0 Å². The number of benzene rings is 1. The van der Waals surface area contributed by atoms with Crippen molar-refractivity contribution in [1.29, 1.82) is 0 Å². The molecule has 1 aliphatic rings. The minimum atomic E-state index is 0.179. The molecule has 0 aromatic heterocycles. The van der Waals surface area contributed by atoms with Gasteiger partial charge in [0.2, 0.25) is 0 Å². The van der Waals surface area contributed by atoms with Crippen LogP contribution in [0.15, 0.2) is 43.0 Å².